The number of aliphatic carboxylic acids is 1. The first-order valence-electron chi connectivity index (χ1n) is 7.18. The number of benzene rings is 1. The highest BCUT2D eigenvalue weighted by atomic mass is 16.6. The van der Waals surface area contributed by atoms with E-state index in [1.54, 1.807) is 0 Å². The highest BCUT2D eigenvalue weighted by Gasteiger charge is 2.32. The minimum Gasteiger partial charge on any atom is -0.490 e. The summed E-state index contributed by atoms with van der Waals surface area (Å²) in [5, 5.41) is 20.1. The number of carbonyl (C=O) groups excluding carboxylic acids is 1. The Balaban J connectivity index is 2.26. The van der Waals surface area contributed by atoms with Crippen molar-refractivity contribution in [3.05, 3.63) is 33.9 Å². The SMILES string of the molecule is COc1cc(C(=O)N2CC(C)CC(C(=O)O)C2)ccc1[N+](=O)[O-]. The van der Waals surface area contributed by atoms with Crippen molar-refractivity contribution in [2.45, 2.75) is 13.3 Å². The van der Waals surface area contributed by atoms with E-state index in [-0.39, 0.29) is 35.4 Å². The van der Waals surface area contributed by atoms with Gasteiger partial charge < -0.3 is 14.7 Å². The van der Waals surface area contributed by atoms with Gasteiger partial charge in [-0.1, -0.05) is 6.92 Å². The van der Waals surface area contributed by atoms with Crippen LogP contribution < -0.4 is 4.74 Å². The van der Waals surface area contributed by atoms with Gasteiger partial charge in [0, 0.05) is 30.8 Å². The molecule has 1 aromatic carbocycles. The normalized spacial score (nSPS) is 20.9. The molecule has 124 valence electrons. The summed E-state index contributed by atoms with van der Waals surface area (Å²) in [6.45, 7) is 2.49. The predicted octanol–water partition coefficient (Wildman–Crippen LogP) is 1.79. The van der Waals surface area contributed by atoms with Crippen molar-refractivity contribution in [1.82, 2.24) is 4.90 Å². The molecular formula is C15H18N2O6. The molecule has 0 aliphatic carbocycles. The summed E-state index contributed by atoms with van der Waals surface area (Å²) < 4.78 is 4.96. The molecule has 0 spiro atoms. The Morgan fingerprint density at radius 3 is 2.65 bits per heavy atom. The zero-order valence-corrected chi connectivity index (χ0v) is 12.9. The van der Waals surface area contributed by atoms with Crippen molar-refractivity contribution >= 4 is 17.6 Å². The molecule has 1 fully saturated rings. The first-order valence-corrected chi connectivity index (χ1v) is 7.18. The lowest BCUT2D eigenvalue weighted by Gasteiger charge is -2.34. The van der Waals surface area contributed by atoms with Gasteiger partial charge in [0.2, 0.25) is 0 Å². The molecule has 8 nitrogen and oxygen atoms in total. The molecule has 1 heterocycles. The van der Waals surface area contributed by atoms with Crippen molar-refractivity contribution in [3.8, 4) is 5.75 Å². The third kappa shape index (κ3) is 3.58. The molecule has 0 saturated carbocycles. The molecule has 1 saturated heterocycles. The van der Waals surface area contributed by atoms with Crippen LogP contribution in [0.5, 0.6) is 5.75 Å². The van der Waals surface area contributed by atoms with Gasteiger partial charge in [-0.15, -0.1) is 0 Å². The van der Waals surface area contributed by atoms with E-state index >= 15 is 0 Å². The fraction of sp³-hybridized carbons (Fsp3) is 0.467. The van der Waals surface area contributed by atoms with E-state index in [1.165, 1.54) is 30.2 Å². The highest BCUT2D eigenvalue weighted by Crippen LogP contribution is 2.29. The summed E-state index contributed by atoms with van der Waals surface area (Å²) in [4.78, 5) is 35.5. The second kappa shape index (κ2) is 6.64. The summed E-state index contributed by atoms with van der Waals surface area (Å²) in [6.07, 6.45) is 0.530. The number of carboxylic acids is 1. The second-order valence-electron chi connectivity index (χ2n) is 5.73. The van der Waals surface area contributed by atoms with Crippen molar-refractivity contribution < 1.29 is 24.4 Å². The van der Waals surface area contributed by atoms with E-state index in [2.05, 4.69) is 0 Å². The van der Waals surface area contributed by atoms with Gasteiger partial charge in [-0.2, -0.15) is 0 Å². The predicted molar refractivity (Wildman–Crippen MR) is 80.5 cm³/mol. The first kappa shape index (κ1) is 16.7. The lowest BCUT2D eigenvalue weighted by molar-refractivity contribution is -0.385. The second-order valence-corrected chi connectivity index (χ2v) is 5.73. The first-order chi connectivity index (χ1) is 10.8. The Morgan fingerprint density at radius 2 is 2.09 bits per heavy atom. The minimum atomic E-state index is -0.921. The van der Waals surface area contributed by atoms with Crippen molar-refractivity contribution in [3.63, 3.8) is 0 Å². The summed E-state index contributed by atoms with van der Waals surface area (Å²) in [5.41, 5.74) is 0.0187. The molecule has 0 bridgehead atoms. The molecule has 1 N–H and O–H groups in total. The summed E-state index contributed by atoms with van der Waals surface area (Å²) in [7, 11) is 1.29. The quantitative estimate of drug-likeness (QED) is 0.668. The van der Waals surface area contributed by atoms with Gasteiger partial charge in [-0.05, 0) is 18.4 Å². The number of rotatable bonds is 4. The number of carboxylic acid groups (broad SMARTS) is 1. The van der Waals surface area contributed by atoms with Crippen LogP contribution in [0.2, 0.25) is 0 Å². The monoisotopic (exact) mass is 322 g/mol. The van der Waals surface area contributed by atoms with Crippen LogP contribution in [0, 0.1) is 22.0 Å². The third-order valence-electron chi connectivity index (χ3n) is 3.92. The average molecular weight is 322 g/mol. The van der Waals surface area contributed by atoms with Gasteiger partial charge in [0.05, 0.1) is 18.0 Å². The van der Waals surface area contributed by atoms with Crippen LogP contribution in [0.1, 0.15) is 23.7 Å². The fourth-order valence-corrected chi connectivity index (χ4v) is 2.84. The van der Waals surface area contributed by atoms with Crippen molar-refractivity contribution in [2.75, 3.05) is 20.2 Å². The number of ether oxygens (including phenoxy) is 1. The molecule has 1 aliphatic heterocycles. The Morgan fingerprint density at radius 1 is 1.39 bits per heavy atom. The maximum atomic E-state index is 12.6. The van der Waals surface area contributed by atoms with Crippen LogP contribution in [0.15, 0.2) is 18.2 Å². The van der Waals surface area contributed by atoms with E-state index in [1.807, 2.05) is 6.92 Å². The number of piperidine rings is 1. The van der Waals surface area contributed by atoms with Gasteiger partial charge in [0.15, 0.2) is 5.75 Å². The van der Waals surface area contributed by atoms with E-state index in [0.29, 0.717) is 13.0 Å². The number of amides is 1. The van der Waals surface area contributed by atoms with Crippen LogP contribution in [0.25, 0.3) is 0 Å². The fourth-order valence-electron chi connectivity index (χ4n) is 2.84. The molecule has 8 heteroatoms. The largest absolute Gasteiger partial charge is 0.490 e. The molecule has 2 atom stereocenters. The summed E-state index contributed by atoms with van der Waals surface area (Å²) >= 11 is 0. The third-order valence-corrected chi connectivity index (χ3v) is 3.92. The number of nitro benzene ring substituents is 1. The van der Waals surface area contributed by atoms with Gasteiger partial charge in [0.1, 0.15) is 0 Å². The smallest absolute Gasteiger partial charge is 0.310 e. The van der Waals surface area contributed by atoms with Gasteiger partial charge in [-0.3, -0.25) is 19.7 Å². The molecular weight excluding hydrogens is 304 g/mol. The number of methoxy groups -OCH3 is 1. The van der Waals surface area contributed by atoms with E-state index in [4.69, 9.17) is 4.74 Å². The molecule has 2 unspecified atom stereocenters. The number of likely N-dealkylation sites (tertiary alicyclic amines) is 1. The number of carbonyl (C=O) groups is 2. The lowest BCUT2D eigenvalue weighted by atomic mass is 9.90. The van der Waals surface area contributed by atoms with Crippen LogP contribution in [-0.2, 0) is 4.79 Å². The number of nitro groups is 1. The maximum Gasteiger partial charge on any atom is 0.310 e. The molecule has 0 aromatic heterocycles. The Kier molecular flexibility index (Phi) is 4.83. The topological polar surface area (TPSA) is 110 Å². The average Bonchev–Trinajstić information content (AvgIpc) is 2.52. The molecule has 2 rings (SSSR count). The van der Waals surface area contributed by atoms with Gasteiger partial charge in [-0.25, -0.2) is 0 Å². The maximum absolute atomic E-state index is 12.6. The molecule has 1 aromatic rings. The summed E-state index contributed by atoms with van der Waals surface area (Å²) in [5.74, 6) is -1.79. The van der Waals surface area contributed by atoms with E-state index in [9.17, 15) is 24.8 Å². The van der Waals surface area contributed by atoms with E-state index < -0.39 is 16.8 Å². The molecule has 1 amide bonds. The van der Waals surface area contributed by atoms with Crippen LogP contribution in [0.4, 0.5) is 5.69 Å². The summed E-state index contributed by atoms with van der Waals surface area (Å²) in [6, 6.07) is 3.89. The zero-order chi connectivity index (χ0) is 17.1. The number of nitrogens with zero attached hydrogens (tertiary/aromatic N) is 2. The standard InChI is InChI=1S/C15H18N2O6/c1-9-5-11(15(19)20)8-16(7-9)14(18)10-3-4-12(17(21)22)13(6-10)23-2/h3-4,6,9,11H,5,7-8H2,1-2H3,(H,19,20). The molecule has 0 radical (unpaired) electrons. The van der Waals surface area contributed by atoms with Gasteiger partial charge >= 0.3 is 11.7 Å². The zero-order valence-electron chi connectivity index (χ0n) is 12.9. The van der Waals surface area contributed by atoms with Gasteiger partial charge in [0.25, 0.3) is 5.91 Å². The van der Waals surface area contributed by atoms with Crippen LogP contribution in [-0.4, -0.2) is 47.0 Å². The molecule has 1 aliphatic rings. The van der Waals surface area contributed by atoms with E-state index in [0.717, 1.165) is 0 Å². The Bertz CT molecular complexity index is 645. The van der Waals surface area contributed by atoms with Crippen LogP contribution in [0.3, 0.4) is 0 Å². The van der Waals surface area contributed by atoms with Crippen molar-refractivity contribution in [1.29, 1.82) is 0 Å². The minimum absolute atomic E-state index is 0.000641. The Hall–Kier alpha value is -2.64. The Labute approximate surface area is 132 Å². The number of hydrogen-bond donors (Lipinski definition) is 1. The lowest BCUT2D eigenvalue weighted by Crippen LogP contribution is -2.45. The number of hydrogen-bond acceptors (Lipinski definition) is 5. The molecule has 23 heavy (non-hydrogen) atoms. The van der Waals surface area contributed by atoms with Crippen molar-refractivity contribution in [2.24, 2.45) is 11.8 Å². The van der Waals surface area contributed by atoms with Crippen LogP contribution >= 0.6 is 0 Å². The highest BCUT2D eigenvalue weighted by molar-refractivity contribution is 5.95.